The third-order valence-electron chi connectivity index (χ3n) is 4.49. The van der Waals surface area contributed by atoms with Crippen LogP contribution in [-0.4, -0.2) is 48.8 Å². The van der Waals surface area contributed by atoms with E-state index in [1.807, 2.05) is 30.3 Å². The van der Waals surface area contributed by atoms with Crippen molar-refractivity contribution in [1.29, 1.82) is 0 Å². The molecule has 32 heavy (non-hydrogen) atoms. The molecule has 168 valence electrons. The van der Waals surface area contributed by atoms with Gasteiger partial charge in [0.25, 0.3) is 6.01 Å². The molecule has 0 aliphatic rings. The van der Waals surface area contributed by atoms with E-state index in [1.54, 1.807) is 30.1 Å². The van der Waals surface area contributed by atoms with Crippen LogP contribution >= 0.6 is 0 Å². The number of benzene rings is 2. The Kier molecular flexibility index (Phi) is 7.63. The highest BCUT2D eigenvalue weighted by Crippen LogP contribution is 2.27. The smallest absolute Gasteiger partial charge is 0.404 e. The Labute approximate surface area is 183 Å². The van der Waals surface area contributed by atoms with E-state index in [4.69, 9.17) is 14.3 Å². The lowest BCUT2D eigenvalue weighted by molar-refractivity contribution is -0.119. The highest BCUT2D eigenvalue weighted by atomic mass is 19.1. The van der Waals surface area contributed by atoms with Crippen molar-refractivity contribution < 1.29 is 28.2 Å². The molecule has 0 unspecified atom stereocenters. The van der Waals surface area contributed by atoms with Crippen LogP contribution in [0.3, 0.4) is 0 Å². The number of fused-ring (bicyclic) bond motifs is 1. The number of rotatable bonds is 10. The van der Waals surface area contributed by atoms with E-state index < -0.39 is 6.09 Å². The van der Waals surface area contributed by atoms with Gasteiger partial charge in [0.15, 0.2) is 5.58 Å². The SMILES string of the molecule is CNC(=O)CN(Cc1ccccc1)c1nc2ccc(OCC(=CF)CNC(=O)O)cc2o1. The van der Waals surface area contributed by atoms with Crippen molar-refractivity contribution in [2.24, 2.45) is 0 Å². The molecule has 1 aromatic heterocycles. The van der Waals surface area contributed by atoms with Gasteiger partial charge in [-0.1, -0.05) is 30.3 Å². The van der Waals surface area contributed by atoms with Crippen LogP contribution in [0.5, 0.6) is 5.75 Å². The van der Waals surface area contributed by atoms with E-state index in [0.717, 1.165) is 5.56 Å². The Morgan fingerprint density at radius 2 is 2.03 bits per heavy atom. The predicted molar refractivity (Wildman–Crippen MR) is 116 cm³/mol. The van der Waals surface area contributed by atoms with Crippen LogP contribution in [0.25, 0.3) is 11.1 Å². The van der Waals surface area contributed by atoms with E-state index in [9.17, 15) is 14.0 Å². The number of hydrogen-bond acceptors (Lipinski definition) is 6. The van der Waals surface area contributed by atoms with Crippen molar-refractivity contribution in [1.82, 2.24) is 15.6 Å². The number of carbonyl (C=O) groups is 2. The Hall–Kier alpha value is -4.08. The molecular weight excluding hydrogens is 419 g/mol. The molecule has 3 aromatic rings. The van der Waals surface area contributed by atoms with E-state index in [0.29, 0.717) is 29.7 Å². The Morgan fingerprint density at radius 3 is 2.72 bits per heavy atom. The van der Waals surface area contributed by atoms with Gasteiger partial charge in [-0.25, -0.2) is 9.18 Å². The topological polar surface area (TPSA) is 117 Å². The van der Waals surface area contributed by atoms with Gasteiger partial charge in [0.2, 0.25) is 5.91 Å². The van der Waals surface area contributed by atoms with Gasteiger partial charge in [0.1, 0.15) is 24.4 Å². The fraction of sp³-hybridized carbons (Fsp3) is 0.227. The number of anilines is 1. The summed E-state index contributed by atoms with van der Waals surface area (Å²) in [4.78, 5) is 28.8. The van der Waals surface area contributed by atoms with Crippen LogP contribution in [0.1, 0.15) is 5.56 Å². The number of carbonyl (C=O) groups excluding carboxylic acids is 1. The molecule has 0 saturated carbocycles. The second-order valence-electron chi connectivity index (χ2n) is 6.86. The molecular formula is C22H23FN4O5. The van der Waals surface area contributed by atoms with E-state index in [1.165, 1.54) is 0 Å². The average molecular weight is 442 g/mol. The summed E-state index contributed by atoms with van der Waals surface area (Å²) < 4.78 is 24.3. The lowest BCUT2D eigenvalue weighted by Crippen LogP contribution is -2.35. The Morgan fingerprint density at radius 1 is 1.25 bits per heavy atom. The maximum atomic E-state index is 12.9. The van der Waals surface area contributed by atoms with Gasteiger partial charge in [0, 0.05) is 31.8 Å². The summed E-state index contributed by atoms with van der Waals surface area (Å²) in [6.07, 6.45) is -0.946. The van der Waals surface area contributed by atoms with Gasteiger partial charge in [-0.2, -0.15) is 4.98 Å². The number of aromatic nitrogens is 1. The predicted octanol–water partition coefficient (Wildman–Crippen LogP) is 3.08. The second-order valence-corrected chi connectivity index (χ2v) is 6.86. The van der Waals surface area contributed by atoms with Gasteiger partial charge >= 0.3 is 6.09 Å². The number of likely N-dealkylation sites (N-methyl/N-ethyl adjacent to an activating group) is 1. The van der Waals surface area contributed by atoms with E-state index in [2.05, 4.69) is 15.6 Å². The van der Waals surface area contributed by atoms with Crippen LogP contribution in [0.15, 0.2) is 64.9 Å². The first kappa shape index (κ1) is 22.6. The Bertz CT molecular complexity index is 1100. The van der Waals surface area contributed by atoms with Crippen molar-refractivity contribution in [3.8, 4) is 5.75 Å². The zero-order chi connectivity index (χ0) is 22.9. The van der Waals surface area contributed by atoms with Crippen LogP contribution < -0.4 is 20.3 Å². The van der Waals surface area contributed by atoms with Crippen molar-refractivity contribution >= 4 is 29.1 Å². The fourth-order valence-corrected chi connectivity index (χ4v) is 2.85. The summed E-state index contributed by atoms with van der Waals surface area (Å²) in [5.41, 5.74) is 2.12. The summed E-state index contributed by atoms with van der Waals surface area (Å²) in [5.74, 6) is 0.212. The molecule has 3 N–H and O–H groups in total. The maximum absolute atomic E-state index is 12.9. The van der Waals surface area contributed by atoms with E-state index >= 15 is 0 Å². The molecule has 0 bridgehead atoms. The summed E-state index contributed by atoms with van der Waals surface area (Å²) >= 11 is 0. The normalized spacial score (nSPS) is 11.2. The van der Waals surface area contributed by atoms with Crippen molar-refractivity contribution in [2.45, 2.75) is 6.54 Å². The molecule has 0 radical (unpaired) electrons. The number of halogens is 1. The van der Waals surface area contributed by atoms with Crippen LogP contribution in [0.2, 0.25) is 0 Å². The van der Waals surface area contributed by atoms with Gasteiger partial charge < -0.3 is 29.8 Å². The standard InChI is InChI=1S/C22H23FN4O5/c1-24-20(28)13-27(12-15-5-3-2-4-6-15)21-26-18-8-7-17(9-19(18)32-21)31-14-16(10-23)11-25-22(29)30/h2-10,25H,11-14H2,1H3,(H,24,28)(H,29,30). The van der Waals surface area contributed by atoms with Crippen molar-refractivity contribution in [3.63, 3.8) is 0 Å². The lowest BCUT2D eigenvalue weighted by atomic mass is 10.2. The minimum atomic E-state index is -1.25. The number of nitrogens with one attached hydrogen (secondary N) is 2. The lowest BCUT2D eigenvalue weighted by Gasteiger charge is -2.19. The van der Waals surface area contributed by atoms with Crippen molar-refractivity contribution in [2.75, 3.05) is 31.6 Å². The monoisotopic (exact) mass is 442 g/mol. The molecule has 9 nitrogen and oxygen atoms in total. The quantitative estimate of drug-likeness (QED) is 0.442. The zero-order valence-corrected chi connectivity index (χ0v) is 17.4. The molecule has 0 aliphatic carbocycles. The molecule has 1 heterocycles. The average Bonchev–Trinajstić information content (AvgIpc) is 3.22. The maximum Gasteiger partial charge on any atom is 0.404 e. The molecule has 0 fully saturated rings. The van der Waals surface area contributed by atoms with Gasteiger partial charge in [0.05, 0.1) is 6.33 Å². The van der Waals surface area contributed by atoms with Crippen LogP contribution in [0, 0.1) is 0 Å². The first-order valence-corrected chi connectivity index (χ1v) is 9.76. The molecule has 0 atom stereocenters. The highest BCUT2D eigenvalue weighted by Gasteiger charge is 2.18. The molecule has 0 saturated heterocycles. The molecule has 2 aromatic carbocycles. The van der Waals surface area contributed by atoms with Gasteiger partial charge in [-0.3, -0.25) is 4.79 Å². The first-order valence-electron chi connectivity index (χ1n) is 9.76. The van der Waals surface area contributed by atoms with Gasteiger partial charge in [-0.15, -0.1) is 0 Å². The molecule has 10 heteroatoms. The van der Waals surface area contributed by atoms with Crippen LogP contribution in [0.4, 0.5) is 15.2 Å². The number of hydrogen-bond donors (Lipinski definition) is 3. The number of amides is 2. The third-order valence-corrected chi connectivity index (χ3v) is 4.49. The zero-order valence-electron chi connectivity index (χ0n) is 17.4. The fourth-order valence-electron chi connectivity index (χ4n) is 2.85. The summed E-state index contributed by atoms with van der Waals surface area (Å²) in [6.45, 7) is 0.156. The highest BCUT2D eigenvalue weighted by molar-refractivity contribution is 5.81. The minimum Gasteiger partial charge on any atom is -0.489 e. The summed E-state index contributed by atoms with van der Waals surface area (Å²) in [6, 6.07) is 14.8. The second kappa shape index (κ2) is 10.8. The molecule has 2 amide bonds. The molecule has 0 spiro atoms. The first-order chi connectivity index (χ1) is 15.5. The summed E-state index contributed by atoms with van der Waals surface area (Å²) in [7, 11) is 1.56. The number of ether oxygens (including phenoxy) is 1. The largest absolute Gasteiger partial charge is 0.489 e. The summed E-state index contributed by atoms with van der Waals surface area (Å²) in [5, 5.41) is 13.3. The Balaban J connectivity index is 1.76. The number of carboxylic acid groups (broad SMARTS) is 1. The minimum absolute atomic E-state index is 0.0583. The van der Waals surface area contributed by atoms with E-state index in [-0.39, 0.29) is 37.2 Å². The van der Waals surface area contributed by atoms with Gasteiger partial charge in [-0.05, 0) is 17.7 Å². The van der Waals surface area contributed by atoms with Crippen molar-refractivity contribution in [3.05, 3.63) is 66.0 Å². The molecule has 0 aliphatic heterocycles. The van der Waals surface area contributed by atoms with Crippen LogP contribution in [-0.2, 0) is 11.3 Å². The molecule has 3 rings (SSSR count). The number of nitrogens with zero attached hydrogens (tertiary/aromatic N) is 2. The number of oxazole rings is 1. The third kappa shape index (κ3) is 6.21.